The van der Waals surface area contributed by atoms with Crippen LogP contribution in [0.4, 0.5) is 10.5 Å². The number of benzene rings is 1. The van der Waals surface area contributed by atoms with E-state index in [2.05, 4.69) is 20.7 Å². The van der Waals surface area contributed by atoms with Gasteiger partial charge in [-0.15, -0.1) is 0 Å². The van der Waals surface area contributed by atoms with Crippen molar-refractivity contribution in [3.05, 3.63) is 30.3 Å². The molecule has 0 aliphatic rings. The molecule has 3 N–H and O–H groups in total. The molecule has 7 heteroatoms. The molecule has 0 heterocycles. The first-order valence-corrected chi connectivity index (χ1v) is 6.05. The largest absolute Gasteiger partial charge is 0.469 e. The van der Waals surface area contributed by atoms with E-state index in [9.17, 15) is 14.4 Å². The van der Waals surface area contributed by atoms with Crippen LogP contribution in [-0.4, -0.2) is 38.1 Å². The summed E-state index contributed by atoms with van der Waals surface area (Å²) in [4.78, 5) is 33.6. The summed E-state index contributed by atoms with van der Waals surface area (Å²) in [6, 6.07) is 8.40. The summed E-state index contributed by atoms with van der Waals surface area (Å²) in [5.41, 5.74) is 0.635. The quantitative estimate of drug-likeness (QED) is 0.660. The standard InChI is InChI=1S/C13H17N3O4/c1-20-12(18)7-8-14-11(17)9-15-13(19)16-10-5-3-2-4-6-10/h2-6H,7-9H2,1H3,(H,14,17)(H2,15,16,19). The topological polar surface area (TPSA) is 96.5 Å². The Balaban J connectivity index is 2.17. The van der Waals surface area contributed by atoms with Crippen LogP contribution in [0, 0.1) is 0 Å². The van der Waals surface area contributed by atoms with Gasteiger partial charge in [0.1, 0.15) is 0 Å². The van der Waals surface area contributed by atoms with E-state index in [0.717, 1.165) is 0 Å². The Hall–Kier alpha value is -2.57. The molecule has 0 atom stereocenters. The molecule has 20 heavy (non-hydrogen) atoms. The van der Waals surface area contributed by atoms with Gasteiger partial charge in [0.2, 0.25) is 5.91 Å². The van der Waals surface area contributed by atoms with Crippen LogP contribution in [0.1, 0.15) is 6.42 Å². The lowest BCUT2D eigenvalue weighted by Gasteiger charge is -2.08. The fraction of sp³-hybridized carbons (Fsp3) is 0.308. The number of amides is 3. The van der Waals surface area contributed by atoms with Gasteiger partial charge in [0.25, 0.3) is 0 Å². The molecule has 0 aromatic heterocycles. The lowest BCUT2D eigenvalue weighted by molar-refractivity contribution is -0.140. The first kappa shape index (κ1) is 15.5. The summed E-state index contributed by atoms with van der Waals surface area (Å²) >= 11 is 0. The van der Waals surface area contributed by atoms with E-state index in [1.165, 1.54) is 7.11 Å². The molecule has 0 bridgehead atoms. The number of nitrogens with one attached hydrogen (secondary N) is 3. The van der Waals surface area contributed by atoms with Crippen LogP contribution < -0.4 is 16.0 Å². The van der Waals surface area contributed by atoms with Crippen LogP contribution in [0.5, 0.6) is 0 Å². The van der Waals surface area contributed by atoms with Gasteiger partial charge in [0.05, 0.1) is 20.1 Å². The van der Waals surface area contributed by atoms with Gasteiger partial charge in [-0.25, -0.2) is 4.79 Å². The van der Waals surface area contributed by atoms with E-state index < -0.39 is 12.0 Å². The summed E-state index contributed by atoms with van der Waals surface area (Å²) < 4.78 is 4.43. The molecule has 0 saturated carbocycles. The molecule has 0 aliphatic heterocycles. The van der Waals surface area contributed by atoms with Gasteiger partial charge < -0.3 is 20.7 Å². The number of para-hydroxylation sites is 1. The third-order valence-corrected chi connectivity index (χ3v) is 2.32. The molecule has 0 spiro atoms. The van der Waals surface area contributed by atoms with Crippen LogP contribution in [0.25, 0.3) is 0 Å². The highest BCUT2D eigenvalue weighted by Gasteiger charge is 2.06. The third kappa shape index (κ3) is 6.39. The Morgan fingerprint density at radius 3 is 2.45 bits per heavy atom. The first-order valence-electron chi connectivity index (χ1n) is 6.05. The molecule has 0 unspecified atom stereocenters. The molecule has 1 aromatic rings. The molecule has 0 radical (unpaired) electrons. The van der Waals surface area contributed by atoms with E-state index in [1.807, 2.05) is 6.07 Å². The lowest BCUT2D eigenvalue weighted by atomic mass is 10.3. The van der Waals surface area contributed by atoms with Crippen molar-refractivity contribution in [2.24, 2.45) is 0 Å². The smallest absolute Gasteiger partial charge is 0.319 e. The van der Waals surface area contributed by atoms with Crippen LogP contribution in [-0.2, 0) is 14.3 Å². The fourth-order valence-electron chi connectivity index (χ4n) is 1.33. The van der Waals surface area contributed by atoms with E-state index >= 15 is 0 Å². The van der Waals surface area contributed by atoms with E-state index in [0.29, 0.717) is 5.69 Å². The van der Waals surface area contributed by atoms with Gasteiger partial charge in [-0.3, -0.25) is 9.59 Å². The molecular weight excluding hydrogens is 262 g/mol. The lowest BCUT2D eigenvalue weighted by Crippen LogP contribution is -2.39. The minimum absolute atomic E-state index is 0.0957. The van der Waals surface area contributed by atoms with Crippen molar-refractivity contribution >= 4 is 23.6 Å². The maximum absolute atomic E-state index is 11.5. The van der Waals surface area contributed by atoms with Crippen molar-refractivity contribution in [1.82, 2.24) is 10.6 Å². The number of anilines is 1. The molecule has 0 fully saturated rings. The summed E-state index contributed by atoms with van der Waals surface area (Å²) in [6.45, 7) is 0.00727. The fourth-order valence-corrected chi connectivity index (χ4v) is 1.33. The third-order valence-electron chi connectivity index (χ3n) is 2.32. The Kier molecular flexibility index (Phi) is 6.60. The van der Waals surface area contributed by atoms with Crippen LogP contribution in [0.3, 0.4) is 0 Å². The van der Waals surface area contributed by atoms with Gasteiger partial charge in [-0.2, -0.15) is 0 Å². The Morgan fingerprint density at radius 2 is 1.80 bits per heavy atom. The average molecular weight is 279 g/mol. The summed E-state index contributed by atoms with van der Waals surface area (Å²) in [5, 5.41) is 7.47. The van der Waals surface area contributed by atoms with Gasteiger partial charge in [0, 0.05) is 12.2 Å². The van der Waals surface area contributed by atoms with Crippen molar-refractivity contribution in [1.29, 1.82) is 0 Å². The number of hydrogen-bond acceptors (Lipinski definition) is 4. The van der Waals surface area contributed by atoms with Crippen LogP contribution in [0.2, 0.25) is 0 Å². The molecule has 7 nitrogen and oxygen atoms in total. The van der Waals surface area contributed by atoms with Gasteiger partial charge >= 0.3 is 12.0 Å². The zero-order valence-corrected chi connectivity index (χ0v) is 11.1. The Bertz CT molecular complexity index is 462. The Labute approximate surface area is 116 Å². The predicted octanol–water partition coefficient (Wildman–Crippen LogP) is 0.487. The summed E-state index contributed by atoms with van der Waals surface area (Å²) in [7, 11) is 1.28. The number of carbonyl (C=O) groups is 3. The minimum Gasteiger partial charge on any atom is -0.469 e. The van der Waals surface area contributed by atoms with Crippen molar-refractivity contribution in [2.45, 2.75) is 6.42 Å². The van der Waals surface area contributed by atoms with Gasteiger partial charge in [0.15, 0.2) is 0 Å². The number of ether oxygens (including phenoxy) is 1. The second-order valence-electron chi connectivity index (χ2n) is 3.85. The highest BCUT2D eigenvalue weighted by Crippen LogP contribution is 2.03. The van der Waals surface area contributed by atoms with Gasteiger partial charge in [-0.1, -0.05) is 18.2 Å². The monoisotopic (exact) mass is 279 g/mol. The minimum atomic E-state index is -0.473. The molecule has 0 aliphatic carbocycles. The van der Waals surface area contributed by atoms with Crippen molar-refractivity contribution in [2.75, 3.05) is 25.5 Å². The van der Waals surface area contributed by atoms with E-state index in [-0.39, 0.29) is 25.4 Å². The molecule has 108 valence electrons. The van der Waals surface area contributed by atoms with Crippen molar-refractivity contribution < 1.29 is 19.1 Å². The van der Waals surface area contributed by atoms with Crippen molar-refractivity contribution in [3.63, 3.8) is 0 Å². The molecular formula is C13H17N3O4. The van der Waals surface area contributed by atoms with E-state index in [1.54, 1.807) is 24.3 Å². The van der Waals surface area contributed by atoms with E-state index in [4.69, 9.17) is 0 Å². The average Bonchev–Trinajstić information content (AvgIpc) is 2.46. The summed E-state index contributed by atoms with van der Waals surface area (Å²) in [5.74, 6) is -0.780. The highest BCUT2D eigenvalue weighted by molar-refractivity contribution is 5.92. The second-order valence-corrected chi connectivity index (χ2v) is 3.85. The number of carbonyl (C=O) groups excluding carboxylic acids is 3. The number of rotatable bonds is 6. The normalized spacial score (nSPS) is 9.45. The molecule has 0 saturated heterocycles. The van der Waals surface area contributed by atoms with Gasteiger partial charge in [-0.05, 0) is 12.1 Å². The maximum atomic E-state index is 11.5. The summed E-state index contributed by atoms with van der Waals surface area (Å²) in [6.07, 6.45) is 0.0957. The Morgan fingerprint density at radius 1 is 1.10 bits per heavy atom. The predicted molar refractivity (Wildman–Crippen MR) is 73.1 cm³/mol. The first-order chi connectivity index (χ1) is 9.61. The maximum Gasteiger partial charge on any atom is 0.319 e. The van der Waals surface area contributed by atoms with Crippen molar-refractivity contribution in [3.8, 4) is 0 Å². The number of methoxy groups -OCH3 is 1. The highest BCUT2D eigenvalue weighted by atomic mass is 16.5. The zero-order chi connectivity index (χ0) is 14.8. The molecule has 3 amide bonds. The van der Waals surface area contributed by atoms with Crippen LogP contribution >= 0.6 is 0 Å². The number of hydrogen-bond donors (Lipinski definition) is 3. The number of esters is 1. The number of urea groups is 1. The molecule has 1 rings (SSSR count). The molecule has 1 aromatic carbocycles. The van der Waals surface area contributed by atoms with Crippen LogP contribution in [0.15, 0.2) is 30.3 Å². The SMILES string of the molecule is COC(=O)CCNC(=O)CNC(=O)Nc1ccccc1. The second kappa shape index (κ2) is 8.52. The zero-order valence-electron chi connectivity index (χ0n) is 11.1.